The summed E-state index contributed by atoms with van der Waals surface area (Å²) in [4.78, 5) is 13.2. The predicted molar refractivity (Wildman–Crippen MR) is 80.8 cm³/mol. The number of carbonyl (C=O) groups is 1. The molecule has 2 aromatic rings. The van der Waals surface area contributed by atoms with E-state index in [-0.39, 0.29) is 5.91 Å². The lowest BCUT2D eigenvalue weighted by atomic mass is 9.99. The molecule has 0 atom stereocenters. The molecule has 4 heteroatoms. The standard InChI is InChI=1S/C16H16N2OS/c1-11-12-6-2-3-7-13(12)20-14(11)15(19)18-16(10-17)8-4-5-9-16/h2-3,6-7H,4-5,8-9H2,1H3,(H,18,19). The first-order chi connectivity index (χ1) is 9.65. The van der Waals surface area contributed by atoms with Crippen molar-refractivity contribution in [3.8, 4) is 6.07 Å². The highest BCUT2D eigenvalue weighted by Gasteiger charge is 2.36. The van der Waals surface area contributed by atoms with E-state index in [0.29, 0.717) is 0 Å². The number of fused-ring (bicyclic) bond motifs is 1. The maximum Gasteiger partial charge on any atom is 0.262 e. The molecule has 0 unspecified atom stereocenters. The van der Waals surface area contributed by atoms with Gasteiger partial charge >= 0.3 is 0 Å². The van der Waals surface area contributed by atoms with Gasteiger partial charge in [-0.05, 0) is 49.6 Å². The molecule has 1 fully saturated rings. The number of hydrogen-bond acceptors (Lipinski definition) is 3. The van der Waals surface area contributed by atoms with Crippen molar-refractivity contribution < 1.29 is 4.79 Å². The van der Waals surface area contributed by atoms with Crippen molar-refractivity contribution in [3.63, 3.8) is 0 Å². The quantitative estimate of drug-likeness (QED) is 0.912. The summed E-state index contributed by atoms with van der Waals surface area (Å²) >= 11 is 1.50. The van der Waals surface area contributed by atoms with Crippen LogP contribution in [0.15, 0.2) is 24.3 Å². The van der Waals surface area contributed by atoms with Gasteiger partial charge in [-0.3, -0.25) is 4.79 Å². The maximum absolute atomic E-state index is 12.5. The van der Waals surface area contributed by atoms with E-state index >= 15 is 0 Å². The number of nitriles is 1. The van der Waals surface area contributed by atoms with Crippen LogP contribution in [0.25, 0.3) is 10.1 Å². The van der Waals surface area contributed by atoms with Crippen molar-refractivity contribution in [2.75, 3.05) is 0 Å². The van der Waals surface area contributed by atoms with Crippen molar-refractivity contribution in [3.05, 3.63) is 34.7 Å². The molecule has 1 N–H and O–H groups in total. The molecule has 1 amide bonds. The summed E-state index contributed by atoms with van der Waals surface area (Å²) in [6.07, 6.45) is 3.55. The lowest BCUT2D eigenvalue weighted by molar-refractivity contribution is 0.0924. The first-order valence-corrected chi connectivity index (χ1v) is 7.69. The normalized spacial score (nSPS) is 17.0. The molecule has 3 nitrogen and oxygen atoms in total. The van der Waals surface area contributed by atoms with E-state index in [2.05, 4.69) is 11.4 Å². The van der Waals surface area contributed by atoms with Crippen LogP contribution < -0.4 is 5.32 Å². The van der Waals surface area contributed by atoms with Gasteiger partial charge in [-0.2, -0.15) is 5.26 Å². The summed E-state index contributed by atoms with van der Waals surface area (Å²) in [5.74, 6) is -0.104. The van der Waals surface area contributed by atoms with Crippen LogP contribution >= 0.6 is 11.3 Å². The number of rotatable bonds is 2. The first kappa shape index (κ1) is 13.1. The van der Waals surface area contributed by atoms with E-state index in [1.165, 1.54) is 11.3 Å². The van der Waals surface area contributed by atoms with Crippen LogP contribution in [0.3, 0.4) is 0 Å². The van der Waals surface area contributed by atoms with E-state index in [4.69, 9.17) is 0 Å². The second-order valence-electron chi connectivity index (χ2n) is 5.41. The lowest BCUT2D eigenvalue weighted by Gasteiger charge is -2.21. The Morgan fingerprint density at radius 3 is 2.70 bits per heavy atom. The Balaban J connectivity index is 1.93. The third-order valence-electron chi connectivity index (χ3n) is 4.07. The molecule has 1 aliphatic carbocycles. The fourth-order valence-corrected chi connectivity index (χ4v) is 4.01. The van der Waals surface area contributed by atoms with Crippen LogP contribution in [0, 0.1) is 18.3 Å². The smallest absolute Gasteiger partial charge is 0.262 e. The van der Waals surface area contributed by atoms with Gasteiger partial charge in [-0.25, -0.2) is 0 Å². The summed E-state index contributed by atoms with van der Waals surface area (Å²) in [7, 11) is 0. The second kappa shape index (κ2) is 4.92. The average molecular weight is 284 g/mol. The summed E-state index contributed by atoms with van der Waals surface area (Å²) in [6, 6.07) is 10.3. The zero-order chi connectivity index (χ0) is 14.2. The largest absolute Gasteiger partial charge is 0.333 e. The highest BCUT2D eigenvalue weighted by molar-refractivity contribution is 7.21. The minimum absolute atomic E-state index is 0.104. The molecule has 0 radical (unpaired) electrons. The SMILES string of the molecule is Cc1c(C(=O)NC2(C#N)CCCC2)sc2ccccc12. The van der Waals surface area contributed by atoms with E-state index in [9.17, 15) is 10.1 Å². The summed E-state index contributed by atoms with van der Waals surface area (Å²) in [5, 5.41) is 13.5. The van der Waals surface area contributed by atoms with Crippen molar-refractivity contribution in [2.45, 2.75) is 38.1 Å². The molecule has 0 saturated heterocycles. The molecule has 0 aliphatic heterocycles. The third kappa shape index (κ3) is 2.08. The van der Waals surface area contributed by atoms with Crippen molar-refractivity contribution >= 4 is 27.3 Å². The molecule has 1 aliphatic rings. The second-order valence-corrected chi connectivity index (χ2v) is 6.46. The molecule has 1 saturated carbocycles. The summed E-state index contributed by atoms with van der Waals surface area (Å²) in [5.41, 5.74) is 0.355. The fraction of sp³-hybridized carbons (Fsp3) is 0.375. The van der Waals surface area contributed by atoms with Crippen LogP contribution in [-0.2, 0) is 0 Å². The molecule has 20 heavy (non-hydrogen) atoms. The Kier molecular flexibility index (Phi) is 3.23. The number of aryl methyl sites for hydroxylation is 1. The molecular formula is C16H16N2OS. The minimum Gasteiger partial charge on any atom is -0.333 e. The summed E-state index contributed by atoms with van der Waals surface area (Å²) in [6.45, 7) is 1.97. The Hall–Kier alpha value is -1.86. The van der Waals surface area contributed by atoms with Crippen LogP contribution in [0.5, 0.6) is 0 Å². The number of amides is 1. The van der Waals surface area contributed by atoms with Crippen LogP contribution in [0.1, 0.15) is 40.9 Å². The average Bonchev–Trinajstić information content (AvgIpc) is 3.05. The van der Waals surface area contributed by atoms with Gasteiger partial charge in [0.2, 0.25) is 0 Å². The number of benzene rings is 1. The zero-order valence-electron chi connectivity index (χ0n) is 11.4. The van der Waals surface area contributed by atoms with Gasteiger partial charge < -0.3 is 5.32 Å². The number of thiophene rings is 1. The van der Waals surface area contributed by atoms with Crippen molar-refractivity contribution in [1.29, 1.82) is 5.26 Å². The Bertz CT molecular complexity index is 705. The summed E-state index contributed by atoms with van der Waals surface area (Å²) < 4.78 is 1.12. The molecular weight excluding hydrogens is 268 g/mol. The minimum atomic E-state index is -0.653. The molecule has 3 rings (SSSR count). The van der Waals surface area contributed by atoms with Gasteiger partial charge in [0.05, 0.1) is 10.9 Å². The third-order valence-corrected chi connectivity index (χ3v) is 5.35. The van der Waals surface area contributed by atoms with Gasteiger partial charge in [0.1, 0.15) is 5.54 Å². The molecule has 1 heterocycles. The van der Waals surface area contributed by atoms with E-state index in [1.54, 1.807) is 0 Å². The zero-order valence-corrected chi connectivity index (χ0v) is 12.2. The Morgan fingerprint density at radius 1 is 1.35 bits per heavy atom. The highest BCUT2D eigenvalue weighted by atomic mass is 32.1. The fourth-order valence-electron chi connectivity index (χ4n) is 2.91. The van der Waals surface area contributed by atoms with Crippen molar-refractivity contribution in [1.82, 2.24) is 5.32 Å². The van der Waals surface area contributed by atoms with Gasteiger partial charge in [0.25, 0.3) is 5.91 Å². The monoisotopic (exact) mass is 284 g/mol. The number of nitrogens with zero attached hydrogens (tertiary/aromatic N) is 1. The molecule has 1 aromatic heterocycles. The lowest BCUT2D eigenvalue weighted by Crippen LogP contribution is -2.45. The topological polar surface area (TPSA) is 52.9 Å². The van der Waals surface area contributed by atoms with Crippen LogP contribution in [0.2, 0.25) is 0 Å². The molecule has 0 spiro atoms. The van der Waals surface area contributed by atoms with Gasteiger partial charge in [0, 0.05) is 4.70 Å². The number of carbonyl (C=O) groups excluding carboxylic acids is 1. The Labute approximate surface area is 122 Å². The van der Waals surface area contributed by atoms with Crippen molar-refractivity contribution in [2.24, 2.45) is 0 Å². The first-order valence-electron chi connectivity index (χ1n) is 6.87. The number of nitrogens with one attached hydrogen (secondary N) is 1. The highest BCUT2D eigenvalue weighted by Crippen LogP contribution is 2.33. The van der Waals surface area contributed by atoms with Crippen LogP contribution in [-0.4, -0.2) is 11.4 Å². The molecule has 0 bridgehead atoms. The van der Waals surface area contributed by atoms with E-state index in [1.807, 2.05) is 31.2 Å². The molecule has 1 aromatic carbocycles. The Morgan fingerprint density at radius 2 is 2.05 bits per heavy atom. The van der Waals surface area contributed by atoms with Gasteiger partial charge in [-0.15, -0.1) is 11.3 Å². The van der Waals surface area contributed by atoms with E-state index in [0.717, 1.165) is 46.2 Å². The van der Waals surface area contributed by atoms with E-state index < -0.39 is 5.54 Å². The van der Waals surface area contributed by atoms with Crippen LogP contribution in [0.4, 0.5) is 0 Å². The molecule has 102 valence electrons. The van der Waals surface area contributed by atoms with Gasteiger partial charge in [0.15, 0.2) is 0 Å². The van der Waals surface area contributed by atoms with Gasteiger partial charge in [-0.1, -0.05) is 18.2 Å². The predicted octanol–water partition coefficient (Wildman–Crippen LogP) is 3.78. The number of hydrogen-bond donors (Lipinski definition) is 1. The maximum atomic E-state index is 12.5.